The number of benzene rings is 1. The largest absolute Gasteiger partial charge is 0.433 e. The minimum Gasteiger partial charge on any atom is -0.378 e. The van der Waals surface area contributed by atoms with Gasteiger partial charge in [-0.05, 0) is 18.4 Å². The van der Waals surface area contributed by atoms with E-state index >= 15 is 0 Å². The Hall–Kier alpha value is -2.13. The lowest BCUT2D eigenvalue weighted by atomic mass is 9.88. The van der Waals surface area contributed by atoms with Crippen molar-refractivity contribution in [1.29, 1.82) is 0 Å². The van der Waals surface area contributed by atoms with Crippen molar-refractivity contribution in [1.82, 2.24) is 14.9 Å². The van der Waals surface area contributed by atoms with Gasteiger partial charge in [0.15, 0.2) is 10.9 Å². The number of alkyl halides is 3. The van der Waals surface area contributed by atoms with E-state index in [4.69, 9.17) is 4.74 Å². The number of carbonyl (C=O) groups is 1. The van der Waals surface area contributed by atoms with E-state index in [9.17, 15) is 18.0 Å². The third-order valence-electron chi connectivity index (χ3n) is 4.86. The van der Waals surface area contributed by atoms with E-state index in [-0.39, 0.29) is 28.8 Å². The third kappa shape index (κ3) is 3.86. The second-order valence-electron chi connectivity index (χ2n) is 6.62. The molecule has 1 saturated heterocycles. The van der Waals surface area contributed by atoms with Gasteiger partial charge in [-0.15, -0.1) is 0 Å². The van der Waals surface area contributed by atoms with Crippen molar-refractivity contribution in [3.05, 3.63) is 41.1 Å². The van der Waals surface area contributed by atoms with Crippen LogP contribution in [0.4, 0.5) is 13.2 Å². The van der Waals surface area contributed by atoms with Gasteiger partial charge < -0.3 is 9.64 Å². The number of morpholine rings is 1. The van der Waals surface area contributed by atoms with Crippen LogP contribution in [0.15, 0.2) is 29.4 Å². The summed E-state index contributed by atoms with van der Waals surface area (Å²) in [5.41, 5.74) is 1.24. The van der Waals surface area contributed by atoms with Gasteiger partial charge in [0, 0.05) is 24.2 Å². The number of thioether (sulfide) groups is 1. The lowest BCUT2D eigenvalue weighted by Gasteiger charge is -2.26. The molecule has 2 heterocycles. The van der Waals surface area contributed by atoms with Gasteiger partial charge in [0.1, 0.15) is 0 Å². The number of fused-ring (bicyclic) bond motifs is 3. The summed E-state index contributed by atoms with van der Waals surface area (Å²) >= 11 is 0.946. The monoisotopic (exact) mass is 409 g/mol. The van der Waals surface area contributed by atoms with Crippen LogP contribution in [0.5, 0.6) is 0 Å². The van der Waals surface area contributed by atoms with Gasteiger partial charge in [0.2, 0.25) is 5.91 Å². The summed E-state index contributed by atoms with van der Waals surface area (Å²) in [4.78, 5) is 22.1. The third-order valence-corrected chi connectivity index (χ3v) is 5.69. The molecule has 1 fully saturated rings. The van der Waals surface area contributed by atoms with Crippen LogP contribution in [-0.2, 0) is 28.5 Å². The number of carbonyl (C=O) groups excluding carboxylic acids is 1. The second-order valence-corrected chi connectivity index (χ2v) is 7.56. The summed E-state index contributed by atoms with van der Waals surface area (Å²) in [7, 11) is 0. The zero-order chi connectivity index (χ0) is 19.7. The van der Waals surface area contributed by atoms with Gasteiger partial charge in [-0.3, -0.25) is 4.79 Å². The molecule has 0 bridgehead atoms. The minimum atomic E-state index is -4.57. The van der Waals surface area contributed by atoms with Crippen molar-refractivity contribution in [2.75, 3.05) is 32.1 Å². The van der Waals surface area contributed by atoms with Crippen LogP contribution in [0.2, 0.25) is 0 Å². The normalized spacial score (nSPS) is 16.5. The highest BCUT2D eigenvalue weighted by molar-refractivity contribution is 7.99. The predicted octanol–water partition coefficient (Wildman–Crippen LogP) is 3.21. The van der Waals surface area contributed by atoms with Crippen LogP contribution in [0.3, 0.4) is 0 Å². The Balaban J connectivity index is 1.64. The first-order chi connectivity index (χ1) is 13.4. The summed E-state index contributed by atoms with van der Waals surface area (Å²) in [6.07, 6.45) is -3.79. The maximum Gasteiger partial charge on any atom is 0.433 e. The van der Waals surface area contributed by atoms with Crippen LogP contribution >= 0.6 is 11.8 Å². The van der Waals surface area contributed by atoms with Crippen molar-refractivity contribution in [2.45, 2.75) is 24.2 Å². The average Bonchev–Trinajstić information content (AvgIpc) is 2.71. The van der Waals surface area contributed by atoms with Crippen molar-refractivity contribution in [2.24, 2.45) is 0 Å². The van der Waals surface area contributed by atoms with Crippen LogP contribution in [0, 0.1) is 0 Å². The van der Waals surface area contributed by atoms with Gasteiger partial charge >= 0.3 is 6.18 Å². The summed E-state index contributed by atoms with van der Waals surface area (Å²) < 4.78 is 46.1. The molecule has 0 atom stereocenters. The molecular weight excluding hydrogens is 391 g/mol. The van der Waals surface area contributed by atoms with Crippen molar-refractivity contribution >= 4 is 17.7 Å². The molecule has 28 heavy (non-hydrogen) atoms. The molecule has 2 aliphatic rings. The van der Waals surface area contributed by atoms with Gasteiger partial charge in [-0.2, -0.15) is 13.2 Å². The van der Waals surface area contributed by atoms with Crippen LogP contribution in [0.1, 0.15) is 16.8 Å². The quantitative estimate of drug-likeness (QED) is 0.576. The summed E-state index contributed by atoms with van der Waals surface area (Å²) in [6, 6.07) is 7.35. The fourth-order valence-electron chi connectivity index (χ4n) is 3.48. The molecule has 0 saturated carbocycles. The first kappa shape index (κ1) is 19.2. The number of nitrogens with zero attached hydrogens (tertiary/aromatic N) is 3. The number of hydrogen-bond acceptors (Lipinski definition) is 5. The first-order valence-corrected chi connectivity index (χ1v) is 9.97. The zero-order valence-electron chi connectivity index (χ0n) is 15.0. The SMILES string of the molecule is O=C(CSc1nc2c(c(C(F)(F)F)n1)CCc1ccccc1-2)N1CCOCC1. The molecule has 1 aliphatic carbocycles. The van der Waals surface area contributed by atoms with Gasteiger partial charge in [0.25, 0.3) is 0 Å². The molecule has 1 aliphatic heterocycles. The Morgan fingerprint density at radius 2 is 1.89 bits per heavy atom. The van der Waals surface area contributed by atoms with Gasteiger partial charge in [0.05, 0.1) is 24.7 Å². The van der Waals surface area contributed by atoms with E-state index in [2.05, 4.69) is 9.97 Å². The van der Waals surface area contributed by atoms with Gasteiger partial charge in [-0.1, -0.05) is 36.0 Å². The number of amides is 1. The zero-order valence-corrected chi connectivity index (χ0v) is 15.8. The van der Waals surface area contributed by atoms with Gasteiger partial charge in [-0.25, -0.2) is 9.97 Å². The number of rotatable bonds is 3. The summed E-state index contributed by atoms with van der Waals surface area (Å²) in [5, 5.41) is -0.0237. The fourth-order valence-corrected chi connectivity index (χ4v) is 4.23. The Morgan fingerprint density at radius 1 is 1.14 bits per heavy atom. The Bertz CT molecular complexity index is 898. The number of aromatic nitrogens is 2. The number of halogens is 3. The maximum absolute atomic E-state index is 13.6. The molecule has 2 aromatic rings. The molecule has 1 aromatic heterocycles. The molecule has 1 amide bonds. The highest BCUT2D eigenvalue weighted by Crippen LogP contribution is 2.40. The number of aryl methyl sites for hydroxylation is 1. The maximum atomic E-state index is 13.6. The predicted molar refractivity (Wildman–Crippen MR) is 98.0 cm³/mol. The molecule has 0 radical (unpaired) electrons. The van der Waals surface area contributed by atoms with E-state index in [1.807, 2.05) is 12.1 Å². The summed E-state index contributed by atoms with van der Waals surface area (Å²) in [6.45, 7) is 1.93. The second kappa shape index (κ2) is 7.71. The molecule has 4 rings (SSSR count). The molecule has 9 heteroatoms. The number of hydrogen-bond donors (Lipinski definition) is 0. The van der Waals surface area contributed by atoms with Crippen molar-refractivity contribution in [3.63, 3.8) is 0 Å². The molecule has 1 aromatic carbocycles. The lowest BCUT2D eigenvalue weighted by Crippen LogP contribution is -2.41. The number of ether oxygens (including phenoxy) is 1. The Morgan fingerprint density at radius 3 is 2.64 bits per heavy atom. The minimum absolute atomic E-state index is 0.00225. The first-order valence-electron chi connectivity index (χ1n) is 8.98. The smallest absolute Gasteiger partial charge is 0.378 e. The molecule has 148 valence electrons. The molecule has 0 unspecified atom stereocenters. The van der Waals surface area contributed by atoms with Crippen molar-refractivity contribution < 1.29 is 22.7 Å². The molecular formula is C19H18F3N3O2S. The molecule has 5 nitrogen and oxygen atoms in total. The van der Waals surface area contributed by atoms with E-state index in [0.717, 1.165) is 17.3 Å². The average molecular weight is 409 g/mol. The van der Waals surface area contributed by atoms with E-state index in [1.54, 1.807) is 17.0 Å². The van der Waals surface area contributed by atoms with Crippen LogP contribution < -0.4 is 0 Å². The van der Waals surface area contributed by atoms with Crippen LogP contribution in [0.25, 0.3) is 11.3 Å². The highest BCUT2D eigenvalue weighted by atomic mass is 32.2. The topological polar surface area (TPSA) is 55.3 Å². The van der Waals surface area contributed by atoms with Crippen LogP contribution in [-0.4, -0.2) is 52.8 Å². The summed E-state index contributed by atoms with van der Waals surface area (Å²) in [5.74, 6) is -0.152. The van der Waals surface area contributed by atoms with Crippen molar-refractivity contribution in [3.8, 4) is 11.3 Å². The van der Waals surface area contributed by atoms with E-state index in [1.165, 1.54) is 0 Å². The molecule has 0 spiro atoms. The Labute approximate surface area is 164 Å². The fraction of sp³-hybridized carbons (Fsp3) is 0.421. The Kier molecular flexibility index (Phi) is 5.29. The van der Waals surface area contributed by atoms with E-state index < -0.39 is 11.9 Å². The highest BCUT2D eigenvalue weighted by Gasteiger charge is 2.39. The van der Waals surface area contributed by atoms with E-state index in [0.29, 0.717) is 44.0 Å². The standard InChI is InChI=1S/C19H18F3N3O2S/c20-19(21,22)17-14-6-5-12-3-1-2-4-13(12)16(14)23-18(24-17)28-11-15(26)25-7-9-27-10-8-25/h1-4H,5-11H2. The molecule has 0 N–H and O–H groups in total. The lowest BCUT2D eigenvalue weighted by molar-refractivity contribution is -0.142.